The fourth-order valence-corrected chi connectivity index (χ4v) is 13.3. The Hall–Kier alpha value is 4.20. The van der Waals surface area contributed by atoms with Crippen LogP contribution in [-0.2, 0) is 0 Å². The Morgan fingerprint density at radius 2 is 1.22 bits per heavy atom. The third-order valence-electron chi connectivity index (χ3n) is 3.59. The Kier molecular flexibility index (Phi) is 20.1. The van der Waals surface area contributed by atoms with Crippen LogP contribution < -0.4 is 0 Å². The highest BCUT2D eigenvalue weighted by molar-refractivity contribution is 8.35. The molecule has 1 heterocycles. The molecule has 12 heteroatoms. The zero-order valence-corrected chi connectivity index (χ0v) is 25.2. The van der Waals surface area contributed by atoms with E-state index in [1.165, 1.54) is 5.08 Å². The molecule has 0 aromatic carbocycles. The minimum Gasteiger partial charge on any atom is -0.176 e. The fourth-order valence-electron chi connectivity index (χ4n) is 2.15. The van der Waals surface area contributed by atoms with Gasteiger partial charge in [-0.1, -0.05) is 0 Å². The molecule has 0 saturated carbocycles. The van der Waals surface area contributed by atoms with Crippen molar-refractivity contribution in [3.8, 4) is 0 Å². The van der Waals surface area contributed by atoms with Gasteiger partial charge in [0.15, 0.2) is 0 Å². The van der Waals surface area contributed by atoms with Gasteiger partial charge in [0.05, 0.1) is 9.16 Å². The molecule has 0 bridgehead atoms. The first-order chi connectivity index (χ1) is 13.0. The number of thioether (sulfide) groups is 6. The van der Waals surface area contributed by atoms with Gasteiger partial charge >= 0.3 is 0 Å². The van der Waals surface area contributed by atoms with Crippen molar-refractivity contribution in [2.24, 2.45) is 0 Å². The van der Waals surface area contributed by atoms with Crippen molar-refractivity contribution in [3.63, 3.8) is 0 Å². The highest BCUT2D eigenvalue weighted by Gasteiger charge is 2.33. The predicted octanol–water partition coefficient (Wildman–Crippen LogP) is 7.45. The monoisotopic (exact) mass is 594 g/mol. The van der Waals surface area contributed by atoms with Gasteiger partial charge in [-0.2, -0.15) is 99.3 Å². The average Bonchev–Trinajstić information content (AvgIpc) is 2.53. The topological polar surface area (TPSA) is 0 Å². The number of hydrogen-bond donors (Lipinski definition) is 6. The lowest BCUT2D eigenvalue weighted by Crippen LogP contribution is -2.25. The number of thiol groups is 6. The van der Waals surface area contributed by atoms with E-state index in [0.29, 0.717) is 28.8 Å². The molecule has 0 N–H and O–H groups in total. The summed E-state index contributed by atoms with van der Waals surface area (Å²) in [6, 6.07) is 0. The van der Waals surface area contributed by atoms with Gasteiger partial charge in [-0.3, -0.25) is 0 Å². The Morgan fingerprint density at radius 3 is 1.56 bits per heavy atom. The Morgan fingerprint density at radius 1 is 0.778 bits per heavy atom. The Bertz CT molecular complexity index is 330. The summed E-state index contributed by atoms with van der Waals surface area (Å²) in [5, 5.41) is 3.81. The molecule has 0 nitrogen and oxygen atoms in total. The smallest absolute Gasteiger partial charge is 0.0735 e. The summed E-state index contributed by atoms with van der Waals surface area (Å²) in [6.45, 7) is 0. The van der Waals surface area contributed by atoms with Crippen LogP contribution in [0.2, 0.25) is 0 Å². The molecule has 0 radical (unpaired) electrons. The van der Waals surface area contributed by atoms with Crippen LogP contribution in [0, 0.1) is 0 Å². The Labute approximate surface area is 225 Å². The molecule has 0 aliphatic carbocycles. The van der Waals surface area contributed by atoms with Crippen LogP contribution in [0.3, 0.4) is 0 Å². The largest absolute Gasteiger partial charge is 0.176 e. The molecule has 4 atom stereocenters. The normalized spacial score (nSPS) is 20.7. The summed E-state index contributed by atoms with van der Waals surface area (Å²) in [5.74, 6) is 2.26. The maximum Gasteiger partial charge on any atom is 0.0735 e. The van der Waals surface area contributed by atoms with Gasteiger partial charge in [0, 0.05) is 34.9 Å². The molecular weight excluding hydrogens is 565 g/mol. The van der Waals surface area contributed by atoms with Crippen molar-refractivity contribution in [2.75, 3.05) is 26.8 Å². The summed E-state index contributed by atoms with van der Waals surface area (Å²) in [6.07, 6.45) is 4.32. The minimum atomic E-state index is 0.326. The van der Waals surface area contributed by atoms with Crippen LogP contribution in [0.5, 0.6) is 0 Å². The maximum atomic E-state index is 4.87. The minimum absolute atomic E-state index is 0.326. The second-order valence-electron chi connectivity index (χ2n) is 5.80. The van der Waals surface area contributed by atoms with Crippen LogP contribution in [0.25, 0.3) is 0 Å². The first-order valence-corrected chi connectivity index (χ1v) is 18.2. The van der Waals surface area contributed by atoms with E-state index in [0.717, 1.165) is 47.4 Å². The summed E-state index contributed by atoms with van der Waals surface area (Å²) in [5.41, 5.74) is 0. The van der Waals surface area contributed by atoms with Crippen molar-refractivity contribution in [3.05, 3.63) is 0 Å². The van der Waals surface area contributed by atoms with Crippen molar-refractivity contribution >= 4 is 146 Å². The molecular formula is C15H30S12. The second kappa shape index (κ2) is 18.6. The molecule has 1 saturated heterocycles. The zero-order valence-electron chi connectivity index (χ0n) is 15.0. The van der Waals surface area contributed by atoms with E-state index in [4.69, 9.17) is 50.5 Å². The van der Waals surface area contributed by atoms with Crippen molar-refractivity contribution < 1.29 is 0 Å². The first-order valence-electron chi connectivity index (χ1n) is 8.59. The molecule has 0 spiro atoms. The maximum absolute atomic E-state index is 4.87. The van der Waals surface area contributed by atoms with E-state index in [1.807, 2.05) is 47.0 Å². The van der Waals surface area contributed by atoms with Crippen molar-refractivity contribution in [1.82, 2.24) is 0 Å². The number of hydrogen-bond acceptors (Lipinski definition) is 12. The molecule has 27 heavy (non-hydrogen) atoms. The van der Waals surface area contributed by atoms with Gasteiger partial charge in [0.1, 0.15) is 0 Å². The molecule has 1 rings (SSSR count). The van der Waals surface area contributed by atoms with E-state index in [2.05, 4.69) is 48.8 Å². The van der Waals surface area contributed by atoms with Crippen molar-refractivity contribution in [1.29, 1.82) is 0 Å². The molecule has 162 valence electrons. The van der Waals surface area contributed by atoms with Crippen LogP contribution in [0.1, 0.15) is 25.7 Å². The summed E-state index contributed by atoms with van der Waals surface area (Å²) < 4.78 is 1.83. The van der Waals surface area contributed by atoms with Gasteiger partial charge in [-0.05, 0) is 37.2 Å². The lowest BCUT2D eigenvalue weighted by molar-refractivity contribution is 0.795. The lowest BCUT2D eigenvalue weighted by atomic mass is 10.3. The first kappa shape index (κ1) is 29.2. The number of rotatable bonds is 17. The molecule has 0 amide bonds. The molecule has 1 aliphatic heterocycles. The van der Waals surface area contributed by atoms with E-state index >= 15 is 0 Å². The van der Waals surface area contributed by atoms with E-state index in [-0.39, 0.29) is 0 Å². The van der Waals surface area contributed by atoms with Gasteiger partial charge in [-0.15, -0.1) is 47.0 Å². The summed E-state index contributed by atoms with van der Waals surface area (Å²) >= 11 is 39.6. The fraction of sp³-hybridized carbons (Fsp3) is 1.00. The SMILES string of the molecule is SCSCCC(S)CC(S)SC(SC(S)CC(S)CCSCS)C1SCS1. The summed E-state index contributed by atoms with van der Waals surface area (Å²) in [4.78, 5) is 0. The molecule has 0 aromatic heterocycles. The van der Waals surface area contributed by atoms with Crippen molar-refractivity contribution in [2.45, 2.75) is 54.5 Å². The van der Waals surface area contributed by atoms with E-state index in [1.54, 1.807) is 0 Å². The van der Waals surface area contributed by atoms with Crippen LogP contribution in [-0.4, -0.2) is 55.6 Å². The highest BCUT2D eigenvalue weighted by Crippen LogP contribution is 2.52. The van der Waals surface area contributed by atoms with Crippen LogP contribution >= 0.6 is 146 Å². The van der Waals surface area contributed by atoms with Crippen LogP contribution in [0.15, 0.2) is 0 Å². The molecule has 4 unspecified atom stereocenters. The highest BCUT2D eigenvalue weighted by atomic mass is 32.3. The third-order valence-corrected chi connectivity index (χ3v) is 14.7. The molecule has 1 fully saturated rings. The Balaban J connectivity index is 2.36. The summed E-state index contributed by atoms with van der Waals surface area (Å²) in [7, 11) is 0. The standard InChI is InChI=1S/C15H30S12/c16-7-22-3-1-10(18)5-12(20)26-15(14-24-9-25-14)27-13(21)6-11(19)2-4-23-8-17/h10-21H,1-9H2. The third kappa shape index (κ3) is 14.9. The zero-order chi connectivity index (χ0) is 20.1. The van der Waals surface area contributed by atoms with Crippen LogP contribution in [0.4, 0.5) is 0 Å². The second-order valence-corrected chi connectivity index (χ2v) is 18.8. The average molecular weight is 595 g/mol. The van der Waals surface area contributed by atoms with Gasteiger partial charge < -0.3 is 0 Å². The van der Waals surface area contributed by atoms with Gasteiger partial charge in [0.2, 0.25) is 0 Å². The van der Waals surface area contributed by atoms with Gasteiger partial charge in [0.25, 0.3) is 0 Å². The molecule has 1 aliphatic rings. The predicted molar refractivity (Wildman–Crippen MR) is 165 cm³/mol. The quantitative estimate of drug-likeness (QED) is 0.0584. The van der Waals surface area contributed by atoms with E-state index < -0.39 is 0 Å². The van der Waals surface area contributed by atoms with Gasteiger partial charge in [-0.25, -0.2) is 0 Å². The lowest BCUT2D eigenvalue weighted by Gasteiger charge is -2.35. The molecule has 0 aromatic rings. The van der Waals surface area contributed by atoms with E-state index in [9.17, 15) is 0 Å².